The first-order chi connectivity index (χ1) is 17.5. The van der Waals surface area contributed by atoms with Crippen LogP contribution in [0.25, 0.3) is 0 Å². The van der Waals surface area contributed by atoms with Crippen LogP contribution in [0.15, 0.2) is 82.6 Å². The van der Waals surface area contributed by atoms with E-state index in [9.17, 15) is 32.9 Å². The second kappa shape index (κ2) is 10.0. The Balaban J connectivity index is 1.69. The number of carbonyl (C=O) groups is 2. The van der Waals surface area contributed by atoms with E-state index in [1.165, 1.54) is 18.2 Å². The van der Waals surface area contributed by atoms with Crippen molar-refractivity contribution in [3.8, 4) is 0 Å². The molecule has 4 rings (SSSR count). The number of alkyl halides is 3. The van der Waals surface area contributed by atoms with E-state index >= 15 is 0 Å². The molecule has 0 saturated carbocycles. The number of aromatic nitrogens is 2. The van der Waals surface area contributed by atoms with Gasteiger partial charge >= 0.3 is 6.18 Å². The van der Waals surface area contributed by atoms with Crippen LogP contribution >= 0.6 is 11.8 Å². The van der Waals surface area contributed by atoms with Gasteiger partial charge < -0.3 is 0 Å². The van der Waals surface area contributed by atoms with Gasteiger partial charge in [-0.2, -0.15) is 23.0 Å². The monoisotopic (exact) mass is 525 g/mol. The van der Waals surface area contributed by atoms with Crippen molar-refractivity contribution in [1.29, 1.82) is 0 Å². The van der Waals surface area contributed by atoms with Gasteiger partial charge in [0, 0.05) is 17.2 Å². The number of hydrogen-bond donors (Lipinski definition) is 0. The van der Waals surface area contributed by atoms with E-state index in [4.69, 9.17) is 0 Å². The lowest BCUT2D eigenvalue weighted by Crippen LogP contribution is -2.19. The van der Waals surface area contributed by atoms with Gasteiger partial charge in [-0.15, -0.1) is 0 Å². The smallest absolute Gasteiger partial charge is 0.289 e. The van der Waals surface area contributed by atoms with Gasteiger partial charge in [-0.25, -0.2) is 0 Å². The zero-order chi connectivity index (χ0) is 26.9. The van der Waals surface area contributed by atoms with Crippen molar-refractivity contribution < 1.29 is 27.7 Å². The highest BCUT2D eigenvalue weighted by Gasteiger charge is 2.31. The van der Waals surface area contributed by atoms with E-state index in [1.54, 1.807) is 44.2 Å². The number of rotatable bonds is 6. The fraction of sp³-hybridized carbons (Fsp3) is 0.115. The molecule has 188 valence electrons. The second-order valence-electron chi connectivity index (χ2n) is 7.99. The Morgan fingerprint density at radius 1 is 0.919 bits per heavy atom. The minimum absolute atomic E-state index is 0.00532. The molecule has 0 amide bonds. The molecule has 0 aliphatic rings. The van der Waals surface area contributed by atoms with Crippen LogP contribution in [-0.4, -0.2) is 26.4 Å². The highest BCUT2D eigenvalue weighted by atomic mass is 32.2. The first-order valence-corrected chi connectivity index (χ1v) is 11.6. The minimum atomic E-state index is -4.54. The van der Waals surface area contributed by atoms with Crippen LogP contribution in [-0.2, 0) is 6.18 Å². The molecular formula is C26H18F3N3O4S. The lowest BCUT2D eigenvalue weighted by molar-refractivity contribution is -0.387. The normalized spacial score (nSPS) is 11.4. The van der Waals surface area contributed by atoms with Gasteiger partial charge in [0.25, 0.3) is 11.6 Å². The van der Waals surface area contributed by atoms with Crippen molar-refractivity contribution in [1.82, 2.24) is 9.78 Å². The Hall–Kier alpha value is -4.25. The highest BCUT2D eigenvalue weighted by molar-refractivity contribution is 7.99. The van der Waals surface area contributed by atoms with E-state index in [0.29, 0.717) is 21.2 Å². The van der Waals surface area contributed by atoms with Crippen molar-refractivity contribution in [2.75, 3.05) is 0 Å². The Kier molecular flexibility index (Phi) is 6.99. The van der Waals surface area contributed by atoms with Crippen LogP contribution in [0.1, 0.15) is 43.2 Å². The van der Waals surface area contributed by atoms with Gasteiger partial charge in [-0.3, -0.25) is 19.7 Å². The van der Waals surface area contributed by atoms with Crippen molar-refractivity contribution >= 4 is 29.1 Å². The summed E-state index contributed by atoms with van der Waals surface area (Å²) in [5, 5.41) is 15.7. The molecule has 4 aromatic rings. The van der Waals surface area contributed by atoms with Crippen molar-refractivity contribution in [3.63, 3.8) is 0 Å². The number of benzene rings is 3. The topological polar surface area (TPSA) is 95.1 Å². The summed E-state index contributed by atoms with van der Waals surface area (Å²) in [7, 11) is 0. The zero-order valence-electron chi connectivity index (χ0n) is 19.4. The van der Waals surface area contributed by atoms with Crippen LogP contribution < -0.4 is 0 Å². The molecule has 0 aliphatic carbocycles. The SMILES string of the molecule is Cc1nn(C(=O)c2ccccc2C(=O)c2ccc(C(F)(F)F)cc2)c(C)c1Sc1ccccc1[N+](=O)[O-]. The number of carbonyl (C=O) groups excluding carboxylic acids is 2. The molecule has 1 heterocycles. The van der Waals surface area contributed by atoms with Gasteiger partial charge in [0.1, 0.15) is 0 Å². The van der Waals surface area contributed by atoms with E-state index < -0.39 is 28.4 Å². The van der Waals surface area contributed by atoms with Crippen LogP contribution in [0.3, 0.4) is 0 Å². The van der Waals surface area contributed by atoms with Gasteiger partial charge in [0.15, 0.2) is 5.78 Å². The van der Waals surface area contributed by atoms with Crippen LogP contribution in [0.2, 0.25) is 0 Å². The van der Waals surface area contributed by atoms with Crippen LogP contribution in [0.4, 0.5) is 18.9 Å². The quantitative estimate of drug-likeness (QED) is 0.162. The molecule has 0 N–H and O–H groups in total. The molecule has 0 fully saturated rings. The largest absolute Gasteiger partial charge is 0.416 e. The van der Waals surface area contributed by atoms with E-state index in [1.807, 2.05) is 0 Å². The standard InChI is InChI=1S/C26H18F3N3O4S/c1-15-24(37-22-10-6-5-9-21(22)32(35)36)16(2)31(30-15)25(34)20-8-4-3-7-19(20)23(33)17-11-13-18(14-12-17)26(27,28)29/h3-14H,1-2H3. The van der Waals surface area contributed by atoms with E-state index in [-0.39, 0.29) is 22.4 Å². The summed E-state index contributed by atoms with van der Waals surface area (Å²) in [4.78, 5) is 38.4. The molecule has 37 heavy (non-hydrogen) atoms. The van der Waals surface area contributed by atoms with Gasteiger partial charge in [-0.05, 0) is 38.1 Å². The van der Waals surface area contributed by atoms with Gasteiger partial charge in [0.05, 0.1) is 37.2 Å². The molecule has 7 nitrogen and oxygen atoms in total. The lowest BCUT2D eigenvalue weighted by Gasteiger charge is -2.11. The van der Waals surface area contributed by atoms with Crippen LogP contribution in [0, 0.1) is 24.0 Å². The average molecular weight is 526 g/mol. The summed E-state index contributed by atoms with van der Waals surface area (Å²) < 4.78 is 39.8. The maximum Gasteiger partial charge on any atom is 0.416 e. The fourth-order valence-corrected chi connectivity index (χ4v) is 4.76. The number of hydrogen-bond acceptors (Lipinski definition) is 6. The Morgan fingerprint density at radius 3 is 2.14 bits per heavy atom. The van der Waals surface area contributed by atoms with Crippen molar-refractivity contribution in [2.45, 2.75) is 29.8 Å². The minimum Gasteiger partial charge on any atom is -0.289 e. The Morgan fingerprint density at radius 2 is 1.51 bits per heavy atom. The zero-order valence-corrected chi connectivity index (χ0v) is 20.3. The van der Waals surface area contributed by atoms with E-state index in [0.717, 1.165) is 40.7 Å². The number of para-hydroxylation sites is 1. The molecule has 0 unspecified atom stereocenters. The Bertz CT molecular complexity index is 1530. The molecule has 1 aromatic heterocycles. The maximum atomic E-state index is 13.5. The summed E-state index contributed by atoms with van der Waals surface area (Å²) in [5.41, 5.74) is -0.0808. The summed E-state index contributed by atoms with van der Waals surface area (Å²) in [6.45, 7) is 3.29. The van der Waals surface area contributed by atoms with E-state index in [2.05, 4.69) is 5.10 Å². The number of nitro benzene ring substituents is 1. The van der Waals surface area contributed by atoms with Crippen molar-refractivity contribution in [2.24, 2.45) is 0 Å². The molecule has 0 aliphatic heterocycles. The maximum absolute atomic E-state index is 13.5. The summed E-state index contributed by atoms with van der Waals surface area (Å²) in [6, 6.07) is 15.9. The average Bonchev–Trinajstić information content (AvgIpc) is 3.16. The van der Waals surface area contributed by atoms with Gasteiger partial charge in [0.2, 0.25) is 0 Å². The lowest BCUT2D eigenvalue weighted by atomic mass is 9.97. The number of nitro groups is 1. The molecule has 0 saturated heterocycles. The predicted octanol–water partition coefficient (Wildman–Crippen LogP) is 6.50. The molecule has 0 spiro atoms. The molecule has 0 radical (unpaired) electrons. The third-order valence-corrected chi connectivity index (χ3v) is 6.93. The number of ketones is 1. The molecule has 3 aromatic carbocycles. The van der Waals surface area contributed by atoms with Gasteiger partial charge in [-0.1, -0.05) is 54.2 Å². The second-order valence-corrected chi connectivity index (χ2v) is 9.05. The molecule has 11 heteroatoms. The number of halogens is 3. The number of aryl methyl sites for hydroxylation is 1. The highest BCUT2D eigenvalue weighted by Crippen LogP contribution is 2.38. The Labute approximate surface area is 213 Å². The predicted molar refractivity (Wildman–Crippen MR) is 130 cm³/mol. The summed E-state index contributed by atoms with van der Waals surface area (Å²) >= 11 is 1.10. The molecule has 0 bridgehead atoms. The van der Waals surface area contributed by atoms with Crippen molar-refractivity contribution in [3.05, 3.63) is 117 Å². The molecular weight excluding hydrogens is 507 g/mol. The molecule has 0 atom stereocenters. The fourth-order valence-electron chi connectivity index (χ4n) is 3.73. The summed E-state index contributed by atoms with van der Waals surface area (Å²) in [5.74, 6) is -1.24. The summed E-state index contributed by atoms with van der Waals surface area (Å²) in [6.07, 6.45) is -4.54. The third kappa shape index (κ3) is 5.17. The van der Waals surface area contributed by atoms with Crippen LogP contribution in [0.5, 0.6) is 0 Å². The third-order valence-electron chi connectivity index (χ3n) is 5.57. The first kappa shape index (κ1) is 25.8. The first-order valence-electron chi connectivity index (χ1n) is 10.8. The number of nitrogens with zero attached hydrogens (tertiary/aromatic N) is 3.